The van der Waals surface area contributed by atoms with Crippen LogP contribution in [0.25, 0.3) is 0 Å². The quantitative estimate of drug-likeness (QED) is 0.784. The Morgan fingerprint density at radius 1 is 1.00 bits per heavy atom. The zero-order valence-electron chi connectivity index (χ0n) is 13.1. The highest BCUT2D eigenvalue weighted by atomic mass is 16.4. The molecule has 24 heavy (non-hydrogen) atoms. The largest absolute Gasteiger partial charge is 0.548 e. The number of aliphatic carboxylic acids is 1. The molecule has 0 aliphatic rings. The first kappa shape index (κ1) is 17.2. The number of urea groups is 1. The molecule has 0 unspecified atom stereocenters. The van der Waals surface area contributed by atoms with Gasteiger partial charge in [-0.3, -0.25) is 4.79 Å². The molecular formula is C18H17N2O4-. The Hall–Kier alpha value is -3.15. The number of carbonyl (C=O) groups excluding carboxylic acids is 3. The maximum Gasteiger partial charge on any atom is 0.319 e. The van der Waals surface area contributed by atoms with Crippen LogP contribution in [0.5, 0.6) is 0 Å². The van der Waals surface area contributed by atoms with Crippen molar-refractivity contribution in [1.82, 2.24) is 5.32 Å². The van der Waals surface area contributed by atoms with E-state index in [4.69, 9.17) is 0 Å². The van der Waals surface area contributed by atoms with Crippen LogP contribution in [0.2, 0.25) is 0 Å². The summed E-state index contributed by atoms with van der Waals surface area (Å²) in [5, 5.41) is 16.1. The van der Waals surface area contributed by atoms with Crippen LogP contribution in [0.3, 0.4) is 0 Å². The van der Waals surface area contributed by atoms with E-state index in [9.17, 15) is 19.5 Å². The van der Waals surface area contributed by atoms with Gasteiger partial charge in [-0.05, 0) is 43.2 Å². The van der Waals surface area contributed by atoms with Crippen molar-refractivity contribution in [3.05, 3.63) is 65.7 Å². The number of carboxylic acid groups (broad SMARTS) is 1. The van der Waals surface area contributed by atoms with Gasteiger partial charge in [-0.2, -0.15) is 0 Å². The lowest BCUT2D eigenvalue weighted by atomic mass is 10.1. The third kappa shape index (κ3) is 4.95. The van der Waals surface area contributed by atoms with Crippen molar-refractivity contribution in [2.75, 3.05) is 5.32 Å². The highest BCUT2D eigenvalue weighted by Gasteiger charge is 2.14. The van der Waals surface area contributed by atoms with Crippen LogP contribution in [-0.2, 0) is 11.2 Å². The van der Waals surface area contributed by atoms with Crippen LogP contribution in [-0.4, -0.2) is 23.8 Å². The third-order valence-electron chi connectivity index (χ3n) is 3.42. The molecule has 1 atom stereocenters. The van der Waals surface area contributed by atoms with E-state index in [2.05, 4.69) is 10.6 Å². The van der Waals surface area contributed by atoms with E-state index in [1.165, 1.54) is 6.92 Å². The number of amides is 2. The average molecular weight is 325 g/mol. The van der Waals surface area contributed by atoms with Crippen LogP contribution in [0.4, 0.5) is 10.5 Å². The number of nitrogens with one attached hydrogen (secondary N) is 2. The summed E-state index contributed by atoms with van der Waals surface area (Å²) < 4.78 is 0. The van der Waals surface area contributed by atoms with Crippen molar-refractivity contribution < 1.29 is 19.5 Å². The molecule has 0 heterocycles. The summed E-state index contributed by atoms with van der Waals surface area (Å²) in [5.41, 5.74) is 1.75. The summed E-state index contributed by atoms with van der Waals surface area (Å²) in [5.74, 6) is -1.44. The Balaban J connectivity index is 1.97. The van der Waals surface area contributed by atoms with Gasteiger partial charge < -0.3 is 20.5 Å². The molecule has 124 valence electrons. The number of carbonyl (C=O) groups is 3. The smallest absolute Gasteiger partial charge is 0.319 e. The molecule has 0 aromatic heterocycles. The zero-order chi connectivity index (χ0) is 17.5. The molecule has 2 amide bonds. The summed E-state index contributed by atoms with van der Waals surface area (Å²) in [6, 6.07) is 13.4. The molecule has 6 nitrogen and oxygen atoms in total. The predicted octanol–water partition coefficient (Wildman–Crippen LogP) is 1.37. The molecule has 0 saturated carbocycles. The lowest BCUT2D eigenvalue weighted by Gasteiger charge is -2.20. The first-order chi connectivity index (χ1) is 11.5. The minimum Gasteiger partial charge on any atom is -0.548 e. The molecule has 6 heteroatoms. The van der Waals surface area contributed by atoms with E-state index in [0.717, 1.165) is 5.56 Å². The Kier molecular flexibility index (Phi) is 5.68. The summed E-state index contributed by atoms with van der Waals surface area (Å²) >= 11 is 0. The first-order valence-electron chi connectivity index (χ1n) is 7.39. The Morgan fingerprint density at radius 2 is 1.62 bits per heavy atom. The molecule has 2 N–H and O–H groups in total. The van der Waals surface area contributed by atoms with E-state index in [1.807, 2.05) is 6.07 Å². The first-order valence-corrected chi connectivity index (χ1v) is 7.39. The average Bonchev–Trinajstić information content (AvgIpc) is 2.55. The predicted molar refractivity (Wildman–Crippen MR) is 87.5 cm³/mol. The van der Waals surface area contributed by atoms with Crippen molar-refractivity contribution in [1.29, 1.82) is 0 Å². The maximum atomic E-state index is 12.0. The fourth-order valence-corrected chi connectivity index (χ4v) is 2.16. The molecule has 0 radical (unpaired) electrons. The molecule has 2 aromatic carbocycles. The standard InChI is InChI=1S/C18H18N2O4/c1-12(21)14-7-9-15(10-8-14)19-18(24)20-16(17(22)23)11-13-5-3-2-4-6-13/h2-10,16H,11H2,1H3,(H,22,23)(H2,19,20,24)/p-1/t16-/m0/s1. The van der Waals surface area contributed by atoms with Gasteiger partial charge in [-0.25, -0.2) is 4.79 Å². The van der Waals surface area contributed by atoms with Gasteiger partial charge in [0.2, 0.25) is 0 Å². The van der Waals surface area contributed by atoms with Gasteiger partial charge in [0.05, 0.1) is 12.0 Å². The second-order valence-electron chi connectivity index (χ2n) is 5.29. The summed E-state index contributed by atoms with van der Waals surface area (Å²) in [7, 11) is 0. The maximum absolute atomic E-state index is 12.0. The lowest BCUT2D eigenvalue weighted by molar-refractivity contribution is -0.308. The summed E-state index contributed by atoms with van der Waals surface area (Å²) in [6.07, 6.45) is 0.125. The number of rotatable bonds is 6. The van der Waals surface area contributed by atoms with Gasteiger partial charge in [-0.15, -0.1) is 0 Å². The SMILES string of the molecule is CC(=O)c1ccc(NC(=O)N[C@@H](Cc2ccccc2)C(=O)[O-])cc1. The van der Waals surface area contributed by atoms with Gasteiger partial charge >= 0.3 is 6.03 Å². The van der Waals surface area contributed by atoms with Crippen LogP contribution in [0, 0.1) is 0 Å². The molecular weight excluding hydrogens is 308 g/mol. The normalized spacial score (nSPS) is 11.4. The number of hydrogen-bond acceptors (Lipinski definition) is 4. The minimum absolute atomic E-state index is 0.0779. The highest BCUT2D eigenvalue weighted by Crippen LogP contribution is 2.10. The fraction of sp³-hybridized carbons (Fsp3) is 0.167. The summed E-state index contributed by atoms with van der Waals surface area (Å²) in [6.45, 7) is 1.45. The van der Waals surface area contributed by atoms with Gasteiger partial charge in [0, 0.05) is 11.3 Å². The number of ketones is 1. The molecule has 0 fully saturated rings. The van der Waals surface area contributed by atoms with E-state index in [0.29, 0.717) is 11.3 Å². The molecule has 2 aromatic rings. The van der Waals surface area contributed by atoms with Crippen LogP contribution >= 0.6 is 0 Å². The van der Waals surface area contributed by atoms with Crippen molar-refractivity contribution in [2.45, 2.75) is 19.4 Å². The molecule has 2 rings (SSSR count). The Bertz CT molecular complexity index is 726. The molecule has 0 bridgehead atoms. The van der Waals surface area contributed by atoms with Gasteiger partial charge in [0.25, 0.3) is 0 Å². The monoisotopic (exact) mass is 325 g/mol. The third-order valence-corrected chi connectivity index (χ3v) is 3.42. The highest BCUT2D eigenvalue weighted by molar-refractivity contribution is 5.95. The molecule has 0 spiro atoms. The van der Waals surface area contributed by atoms with E-state index >= 15 is 0 Å². The van der Waals surface area contributed by atoms with Gasteiger partial charge in [0.15, 0.2) is 5.78 Å². The Labute approximate surface area is 139 Å². The topological polar surface area (TPSA) is 98.3 Å². The van der Waals surface area contributed by atoms with Gasteiger partial charge in [-0.1, -0.05) is 30.3 Å². The number of benzene rings is 2. The number of carboxylic acids is 1. The number of anilines is 1. The second-order valence-corrected chi connectivity index (χ2v) is 5.29. The van der Waals surface area contributed by atoms with Crippen molar-refractivity contribution in [3.63, 3.8) is 0 Å². The van der Waals surface area contributed by atoms with Crippen LogP contribution < -0.4 is 15.7 Å². The summed E-state index contributed by atoms with van der Waals surface area (Å²) in [4.78, 5) is 34.4. The van der Waals surface area contributed by atoms with Crippen LogP contribution in [0.15, 0.2) is 54.6 Å². The second kappa shape index (κ2) is 7.92. The lowest BCUT2D eigenvalue weighted by Crippen LogP contribution is -2.50. The number of Topliss-reactive ketones (excluding diaryl/α,β-unsaturated/α-hetero) is 1. The number of hydrogen-bond donors (Lipinski definition) is 2. The molecule has 0 aliphatic carbocycles. The van der Waals surface area contributed by atoms with E-state index < -0.39 is 18.0 Å². The fourth-order valence-electron chi connectivity index (χ4n) is 2.16. The van der Waals surface area contributed by atoms with Crippen molar-refractivity contribution in [2.24, 2.45) is 0 Å². The minimum atomic E-state index is -1.36. The van der Waals surface area contributed by atoms with Crippen LogP contribution in [0.1, 0.15) is 22.8 Å². The zero-order valence-corrected chi connectivity index (χ0v) is 13.1. The van der Waals surface area contributed by atoms with E-state index in [1.54, 1.807) is 48.5 Å². The van der Waals surface area contributed by atoms with E-state index in [-0.39, 0.29) is 12.2 Å². The van der Waals surface area contributed by atoms with Crippen molar-refractivity contribution >= 4 is 23.5 Å². The molecule has 0 saturated heterocycles. The van der Waals surface area contributed by atoms with Gasteiger partial charge in [0.1, 0.15) is 0 Å². The van der Waals surface area contributed by atoms with Crippen molar-refractivity contribution in [3.8, 4) is 0 Å². The molecule has 0 aliphatic heterocycles. The Morgan fingerprint density at radius 3 is 2.17 bits per heavy atom.